The molecule has 0 bridgehead atoms. The summed E-state index contributed by atoms with van der Waals surface area (Å²) in [6.07, 6.45) is 3.73. The van der Waals surface area contributed by atoms with Crippen LogP contribution < -0.4 is 0 Å². The monoisotopic (exact) mass is 369 g/mol. The van der Waals surface area contributed by atoms with E-state index in [1.54, 1.807) is 36.9 Å². The minimum atomic E-state index is -1.13. The number of hydrogen-bond donors (Lipinski definition) is 1. The molecule has 3 rings (SSSR count). The zero-order valence-corrected chi connectivity index (χ0v) is 15.7. The van der Waals surface area contributed by atoms with E-state index in [0.717, 1.165) is 31.2 Å². The van der Waals surface area contributed by atoms with Crippen LogP contribution in [0.3, 0.4) is 0 Å². The number of nitrogens with zero attached hydrogens (tertiary/aromatic N) is 1. The van der Waals surface area contributed by atoms with E-state index >= 15 is 0 Å². The molecule has 1 fully saturated rings. The number of carbonyl (C=O) groups excluding carboxylic acids is 1. The molecule has 1 aromatic carbocycles. The van der Waals surface area contributed by atoms with Gasteiger partial charge in [-0.1, -0.05) is 30.9 Å². The average Bonchev–Trinajstić information content (AvgIpc) is 2.95. The van der Waals surface area contributed by atoms with Crippen molar-refractivity contribution < 1.29 is 18.7 Å². The molecule has 1 saturated heterocycles. The molecular weight excluding hydrogens is 345 g/mol. The quantitative estimate of drug-likeness (QED) is 0.803. The number of amides is 1. The van der Waals surface area contributed by atoms with Crippen LogP contribution in [0.1, 0.15) is 67.5 Å². The third-order valence-corrected chi connectivity index (χ3v) is 4.56. The van der Waals surface area contributed by atoms with Crippen LogP contribution in [0.5, 0.6) is 0 Å². The first-order valence-corrected chi connectivity index (χ1v) is 9.25. The number of halogens is 1. The molecular formula is C22H24FNO3. The van der Waals surface area contributed by atoms with Gasteiger partial charge in [0.15, 0.2) is 11.5 Å². The Kier molecular flexibility index (Phi) is 5.67. The van der Waals surface area contributed by atoms with Crippen molar-refractivity contribution in [3.8, 4) is 11.8 Å². The van der Waals surface area contributed by atoms with Crippen LogP contribution >= 0.6 is 0 Å². The fourth-order valence-electron chi connectivity index (χ4n) is 3.29. The minimum absolute atomic E-state index is 0.174. The van der Waals surface area contributed by atoms with Gasteiger partial charge in [0.1, 0.15) is 11.4 Å². The predicted molar refractivity (Wildman–Crippen MR) is 101 cm³/mol. The first-order valence-electron chi connectivity index (χ1n) is 9.25. The first-order chi connectivity index (χ1) is 12.8. The lowest BCUT2D eigenvalue weighted by atomic mass is 10.0. The highest BCUT2D eigenvalue weighted by molar-refractivity contribution is 5.92. The summed E-state index contributed by atoms with van der Waals surface area (Å²) in [4.78, 5) is 14.8. The van der Waals surface area contributed by atoms with Crippen LogP contribution in [-0.2, 0) is 0 Å². The van der Waals surface area contributed by atoms with E-state index < -0.39 is 5.60 Å². The standard InChI is InChI=1S/C22H24FNO3/c1-22(2,26)13-12-18-10-11-20(27-18)21(25)24-14-5-3-4-9-19(24)16-7-6-8-17(23)15-16/h6-8,10-11,15,19,26H,3-5,9,14H2,1-2H3. The van der Waals surface area contributed by atoms with Crippen LogP contribution in [0, 0.1) is 17.7 Å². The lowest BCUT2D eigenvalue weighted by molar-refractivity contribution is 0.0647. The zero-order chi connectivity index (χ0) is 19.4. The van der Waals surface area contributed by atoms with Gasteiger partial charge in [-0.15, -0.1) is 0 Å². The molecule has 4 nitrogen and oxygen atoms in total. The highest BCUT2D eigenvalue weighted by Gasteiger charge is 2.29. The topological polar surface area (TPSA) is 53.7 Å². The summed E-state index contributed by atoms with van der Waals surface area (Å²) in [7, 11) is 0. The molecule has 1 atom stereocenters. The SMILES string of the molecule is CC(C)(O)C#Cc1ccc(C(=O)N2CCCCCC2c2cccc(F)c2)o1. The number of aliphatic hydroxyl groups is 1. The molecule has 1 N–H and O–H groups in total. The number of carbonyl (C=O) groups is 1. The van der Waals surface area contributed by atoms with Gasteiger partial charge in [0.25, 0.3) is 5.91 Å². The van der Waals surface area contributed by atoms with E-state index in [-0.39, 0.29) is 23.5 Å². The Morgan fingerprint density at radius 2 is 2.07 bits per heavy atom. The molecule has 0 radical (unpaired) electrons. The summed E-state index contributed by atoms with van der Waals surface area (Å²) in [5.74, 6) is 5.42. The zero-order valence-electron chi connectivity index (χ0n) is 15.7. The molecule has 2 heterocycles. The smallest absolute Gasteiger partial charge is 0.290 e. The summed E-state index contributed by atoms with van der Waals surface area (Å²) < 4.78 is 19.3. The van der Waals surface area contributed by atoms with Gasteiger partial charge < -0.3 is 14.4 Å². The third-order valence-electron chi connectivity index (χ3n) is 4.56. The maximum atomic E-state index is 13.7. The fourth-order valence-corrected chi connectivity index (χ4v) is 3.29. The molecule has 1 aromatic heterocycles. The van der Waals surface area contributed by atoms with E-state index in [9.17, 15) is 14.3 Å². The number of furan rings is 1. The van der Waals surface area contributed by atoms with Gasteiger partial charge in [-0.2, -0.15) is 0 Å². The lowest BCUT2D eigenvalue weighted by Gasteiger charge is -2.29. The summed E-state index contributed by atoms with van der Waals surface area (Å²) in [6.45, 7) is 3.76. The molecule has 5 heteroatoms. The van der Waals surface area contributed by atoms with Crippen molar-refractivity contribution in [2.45, 2.75) is 51.2 Å². The molecule has 0 spiro atoms. The van der Waals surface area contributed by atoms with Gasteiger partial charge in [-0.05, 0) is 62.4 Å². The molecule has 142 valence electrons. The molecule has 1 amide bonds. The summed E-state index contributed by atoms with van der Waals surface area (Å²) >= 11 is 0. The second-order valence-corrected chi connectivity index (χ2v) is 7.39. The van der Waals surface area contributed by atoms with E-state index in [1.807, 2.05) is 6.07 Å². The van der Waals surface area contributed by atoms with Crippen LogP contribution in [0.2, 0.25) is 0 Å². The van der Waals surface area contributed by atoms with Crippen LogP contribution in [0.15, 0.2) is 40.8 Å². The van der Waals surface area contributed by atoms with Gasteiger partial charge in [0.2, 0.25) is 0 Å². The van der Waals surface area contributed by atoms with E-state index in [4.69, 9.17) is 4.42 Å². The van der Waals surface area contributed by atoms with Crippen LogP contribution in [0.25, 0.3) is 0 Å². The maximum Gasteiger partial charge on any atom is 0.290 e. The maximum absolute atomic E-state index is 13.7. The van der Waals surface area contributed by atoms with Crippen molar-refractivity contribution in [3.05, 3.63) is 59.3 Å². The number of benzene rings is 1. The Morgan fingerprint density at radius 1 is 1.26 bits per heavy atom. The van der Waals surface area contributed by atoms with Gasteiger partial charge in [0, 0.05) is 6.54 Å². The molecule has 1 aliphatic heterocycles. The lowest BCUT2D eigenvalue weighted by Crippen LogP contribution is -2.34. The van der Waals surface area contributed by atoms with E-state index in [0.29, 0.717) is 12.3 Å². The highest BCUT2D eigenvalue weighted by atomic mass is 19.1. The van der Waals surface area contributed by atoms with Crippen molar-refractivity contribution in [2.75, 3.05) is 6.54 Å². The largest absolute Gasteiger partial charge is 0.443 e. The fraction of sp³-hybridized carbons (Fsp3) is 0.409. The second-order valence-electron chi connectivity index (χ2n) is 7.39. The van der Waals surface area contributed by atoms with Crippen molar-refractivity contribution in [3.63, 3.8) is 0 Å². The molecule has 1 unspecified atom stereocenters. The van der Waals surface area contributed by atoms with Crippen LogP contribution in [-0.4, -0.2) is 28.1 Å². The number of rotatable bonds is 2. The van der Waals surface area contributed by atoms with Crippen molar-refractivity contribution >= 4 is 5.91 Å². The van der Waals surface area contributed by atoms with Gasteiger partial charge in [-0.3, -0.25) is 4.79 Å². The molecule has 0 aliphatic carbocycles. The van der Waals surface area contributed by atoms with E-state index in [2.05, 4.69) is 11.8 Å². The Morgan fingerprint density at radius 3 is 2.81 bits per heavy atom. The average molecular weight is 369 g/mol. The van der Waals surface area contributed by atoms with Crippen molar-refractivity contribution in [2.24, 2.45) is 0 Å². The van der Waals surface area contributed by atoms with E-state index in [1.165, 1.54) is 12.1 Å². The normalized spacial score (nSPS) is 17.8. The molecule has 1 aliphatic rings. The van der Waals surface area contributed by atoms with Gasteiger partial charge in [-0.25, -0.2) is 4.39 Å². The number of hydrogen-bond acceptors (Lipinski definition) is 3. The highest BCUT2D eigenvalue weighted by Crippen LogP contribution is 2.32. The molecule has 0 saturated carbocycles. The van der Waals surface area contributed by atoms with Gasteiger partial charge >= 0.3 is 0 Å². The van der Waals surface area contributed by atoms with Gasteiger partial charge in [0.05, 0.1) is 6.04 Å². The summed E-state index contributed by atoms with van der Waals surface area (Å²) in [5, 5.41) is 9.69. The Bertz CT molecular complexity index is 869. The van der Waals surface area contributed by atoms with Crippen LogP contribution in [0.4, 0.5) is 4.39 Å². The molecule has 27 heavy (non-hydrogen) atoms. The third kappa shape index (κ3) is 4.99. The predicted octanol–water partition coefficient (Wildman–Crippen LogP) is 4.30. The minimum Gasteiger partial charge on any atom is -0.443 e. The Hall–Kier alpha value is -2.58. The van der Waals surface area contributed by atoms with Crippen molar-refractivity contribution in [1.82, 2.24) is 4.90 Å². The van der Waals surface area contributed by atoms with Crippen molar-refractivity contribution in [1.29, 1.82) is 0 Å². The summed E-state index contributed by atoms with van der Waals surface area (Å²) in [5.41, 5.74) is -0.330. The first kappa shape index (κ1) is 19.2. The Balaban J connectivity index is 1.86. The summed E-state index contributed by atoms with van der Waals surface area (Å²) in [6, 6.07) is 9.50. The second kappa shape index (κ2) is 7.98. The Labute approximate surface area is 159 Å². The number of likely N-dealkylation sites (tertiary alicyclic amines) is 1. The molecule has 2 aromatic rings.